The van der Waals surface area contributed by atoms with E-state index in [0.717, 1.165) is 38.5 Å². The van der Waals surface area contributed by atoms with E-state index in [1.54, 1.807) is 0 Å². The number of aromatic nitrogens is 1. The van der Waals surface area contributed by atoms with Crippen molar-refractivity contribution in [2.45, 2.75) is 32.2 Å². The van der Waals surface area contributed by atoms with Crippen molar-refractivity contribution in [2.75, 3.05) is 26.2 Å². The number of rotatable bonds is 3. The lowest BCUT2D eigenvalue weighted by molar-refractivity contribution is 0.231. The maximum absolute atomic E-state index is 5.35. The molecule has 0 amide bonds. The molecule has 2 heterocycles. The molecule has 0 radical (unpaired) electrons. The van der Waals surface area contributed by atoms with Gasteiger partial charge in [0.1, 0.15) is 5.76 Å². The van der Waals surface area contributed by atoms with Crippen molar-refractivity contribution in [3.63, 3.8) is 0 Å². The summed E-state index contributed by atoms with van der Waals surface area (Å²) in [5.74, 6) is 1.70. The van der Waals surface area contributed by atoms with E-state index in [0.29, 0.717) is 5.92 Å². The highest BCUT2D eigenvalue weighted by molar-refractivity contribution is 5.28. The smallest absolute Gasteiger partial charge is 0.138 e. The van der Waals surface area contributed by atoms with Gasteiger partial charge in [0, 0.05) is 44.2 Å². The average Bonchev–Trinajstić information content (AvgIpc) is 3.08. The normalized spacial score (nSPS) is 22.6. The molecule has 1 saturated carbocycles. The zero-order valence-electron chi connectivity index (χ0n) is 9.83. The molecule has 0 bridgehead atoms. The number of nitrogens with one attached hydrogen (secondary N) is 1. The molecule has 2 aliphatic rings. The molecule has 3 rings (SSSR count). The minimum absolute atomic E-state index is 0.690. The zero-order valence-corrected chi connectivity index (χ0v) is 9.83. The van der Waals surface area contributed by atoms with E-state index in [1.165, 1.54) is 24.1 Å². The van der Waals surface area contributed by atoms with Crippen molar-refractivity contribution in [1.82, 2.24) is 15.4 Å². The van der Waals surface area contributed by atoms with Gasteiger partial charge in [-0.1, -0.05) is 5.16 Å². The standard InChI is InChI=1S/C12H19N3O/c1-9-11(8-15-6-4-13-5-7-15)12(14-16-9)10-2-3-10/h10,13H,2-8H2,1H3. The number of hydrogen-bond donors (Lipinski definition) is 1. The van der Waals surface area contributed by atoms with Crippen LogP contribution in [0.3, 0.4) is 0 Å². The van der Waals surface area contributed by atoms with Crippen LogP contribution < -0.4 is 5.32 Å². The summed E-state index contributed by atoms with van der Waals surface area (Å²) >= 11 is 0. The third kappa shape index (κ3) is 1.99. The fraction of sp³-hybridized carbons (Fsp3) is 0.750. The molecule has 4 nitrogen and oxygen atoms in total. The lowest BCUT2D eigenvalue weighted by Crippen LogP contribution is -2.43. The van der Waals surface area contributed by atoms with Gasteiger partial charge in [0.25, 0.3) is 0 Å². The van der Waals surface area contributed by atoms with Crippen molar-refractivity contribution >= 4 is 0 Å². The molecule has 1 aliphatic heterocycles. The van der Waals surface area contributed by atoms with Crippen LogP contribution in [-0.2, 0) is 6.54 Å². The molecule has 1 aromatic heterocycles. The fourth-order valence-electron chi connectivity index (χ4n) is 2.37. The van der Waals surface area contributed by atoms with Gasteiger partial charge >= 0.3 is 0 Å². The van der Waals surface area contributed by atoms with E-state index >= 15 is 0 Å². The van der Waals surface area contributed by atoms with Crippen LogP contribution in [0.25, 0.3) is 0 Å². The summed E-state index contributed by atoms with van der Waals surface area (Å²) < 4.78 is 5.35. The third-order valence-electron chi connectivity index (χ3n) is 3.57. The monoisotopic (exact) mass is 221 g/mol. The molecule has 1 saturated heterocycles. The first kappa shape index (κ1) is 10.3. The molecular weight excluding hydrogens is 202 g/mol. The molecule has 1 aliphatic carbocycles. The lowest BCUT2D eigenvalue weighted by Gasteiger charge is -2.27. The first-order chi connectivity index (χ1) is 7.84. The molecule has 88 valence electrons. The Morgan fingerprint density at radius 3 is 2.81 bits per heavy atom. The molecule has 2 fully saturated rings. The molecule has 0 aromatic carbocycles. The molecule has 0 spiro atoms. The van der Waals surface area contributed by atoms with Crippen LogP contribution in [0.4, 0.5) is 0 Å². The summed E-state index contributed by atoms with van der Waals surface area (Å²) in [5.41, 5.74) is 2.58. The van der Waals surface area contributed by atoms with Crippen molar-refractivity contribution < 1.29 is 4.52 Å². The topological polar surface area (TPSA) is 41.3 Å². The van der Waals surface area contributed by atoms with E-state index in [2.05, 4.69) is 15.4 Å². The van der Waals surface area contributed by atoms with Crippen LogP contribution in [0.5, 0.6) is 0 Å². The summed E-state index contributed by atoms with van der Waals surface area (Å²) in [6.45, 7) is 7.52. The highest BCUT2D eigenvalue weighted by atomic mass is 16.5. The molecule has 4 heteroatoms. The maximum Gasteiger partial charge on any atom is 0.138 e. The molecule has 16 heavy (non-hydrogen) atoms. The Balaban J connectivity index is 1.74. The predicted molar refractivity (Wildman–Crippen MR) is 61.4 cm³/mol. The van der Waals surface area contributed by atoms with Crippen LogP contribution >= 0.6 is 0 Å². The highest BCUT2D eigenvalue weighted by Crippen LogP contribution is 2.41. The zero-order chi connectivity index (χ0) is 11.0. The minimum atomic E-state index is 0.690. The number of piperazine rings is 1. The quantitative estimate of drug-likeness (QED) is 0.834. The van der Waals surface area contributed by atoms with Gasteiger partial charge in [-0.05, 0) is 19.8 Å². The number of hydrogen-bond acceptors (Lipinski definition) is 4. The Kier molecular flexibility index (Phi) is 2.69. The van der Waals surface area contributed by atoms with Crippen molar-refractivity contribution in [3.8, 4) is 0 Å². The average molecular weight is 221 g/mol. The SMILES string of the molecule is Cc1onc(C2CC2)c1CN1CCNCC1. The first-order valence-corrected chi connectivity index (χ1v) is 6.22. The number of nitrogens with zero attached hydrogens (tertiary/aromatic N) is 2. The third-order valence-corrected chi connectivity index (χ3v) is 3.57. The fourth-order valence-corrected chi connectivity index (χ4v) is 2.37. The molecule has 0 atom stereocenters. The van der Waals surface area contributed by atoms with Gasteiger partial charge in [-0.3, -0.25) is 4.90 Å². The summed E-state index contributed by atoms with van der Waals surface area (Å²) in [5, 5.41) is 7.60. The van der Waals surface area contributed by atoms with Crippen LogP contribution in [-0.4, -0.2) is 36.2 Å². The van der Waals surface area contributed by atoms with Crippen molar-refractivity contribution in [3.05, 3.63) is 17.0 Å². The van der Waals surface area contributed by atoms with Crippen LogP contribution in [0.1, 0.15) is 35.8 Å². The second-order valence-electron chi connectivity index (χ2n) is 4.90. The van der Waals surface area contributed by atoms with Gasteiger partial charge in [-0.25, -0.2) is 0 Å². The first-order valence-electron chi connectivity index (χ1n) is 6.22. The van der Waals surface area contributed by atoms with E-state index in [4.69, 9.17) is 4.52 Å². The summed E-state index contributed by atoms with van der Waals surface area (Å²) in [6, 6.07) is 0. The Labute approximate surface area is 96.0 Å². The molecule has 1 aromatic rings. The van der Waals surface area contributed by atoms with Gasteiger partial charge < -0.3 is 9.84 Å². The van der Waals surface area contributed by atoms with Gasteiger partial charge in [-0.15, -0.1) is 0 Å². The van der Waals surface area contributed by atoms with E-state index < -0.39 is 0 Å². The van der Waals surface area contributed by atoms with Crippen LogP contribution in [0.15, 0.2) is 4.52 Å². The van der Waals surface area contributed by atoms with E-state index in [-0.39, 0.29) is 0 Å². The molecular formula is C12H19N3O. The molecule has 1 N–H and O–H groups in total. The summed E-state index contributed by atoms with van der Waals surface area (Å²) in [6.07, 6.45) is 2.58. The Hall–Kier alpha value is -0.870. The summed E-state index contributed by atoms with van der Waals surface area (Å²) in [4.78, 5) is 2.49. The second kappa shape index (κ2) is 4.18. The second-order valence-corrected chi connectivity index (χ2v) is 4.90. The molecule has 0 unspecified atom stereocenters. The highest BCUT2D eigenvalue weighted by Gasteiger charge is 2.31. The van der Waals surface area contributed by atoms with Gasteiger partial charge in [0.15, 0.2) is 0 Å². The van der Waals surface area contributed by atoms with E-state index in [1.807, 2.05) is 6.92 Å². The van der Waals surface area contributed by atoms with Crippen molar-refractivity contribution in [1.29, 1.82) is 0 Å². The van der Waals surface area contributed by atoms with Gasteiger partial charge in [-0.2, -0.15) is 0 Å². The minimum Gasteiger partial charge on any atom is -0.361 e. The Bertz CT molecular complexity index is 364. The van der Waals surface area contributed by atoms with Crippen molar-refractivity contribution in [2.24, 2.45) is 0 Å². The summed E-state index contributed by atoms with van der Waals surface area (Å²) in [7, 11) is 0. The van der Waals surface area contributed by atoms with Crippen LogP contribution in [0.2, 0.25) is 0 Å². The maximum atomic E-state index is 5.35. The largest absolute Gasteiger partial charge is 0.361 e. The van der Waals surface area contributed by atoms with E-state index in [9.17, 15) is 0 Å². The van der Waals surface area contributed by atoms with Gasteiger partial charge in [0.2, 0.25) is 0 Å². The Morgan fingerprint density at radius 2 is 2.12 bits per heavy atom. The lowest BCUT2D eigenvalue weighted by atomic mass is 10.1. The number of aryl methyl sites for hydroxylation is 1. The predicted octanol–water partition coefficient (Wildman–Crippen LogP) is 1.27. The van der Waals surface area contributed by atoms with Gasteiger partial charge in [0.05, 0.1) is 5.69 Å². The Morgan fingerprint density at radius 1 is 1.38 bits per heavy atom. The van der Waals surface area contributed by atoms with Crippen LogP contribution in [0, 0.1) is 6.92 Å².